The fourth-order valence-electron chi connectivity index (χ4n) is 3.53. The Balaban J connectivity index is 2.03. The molecule has 1 amide bonds. The van der Waals surface area contributed by atoms with Crippen molar-refractivity contribution in [3.63, 3.8) is 0 Å². The van der Waals surface area contributed by atoms with Crippen LogP contribution in [0.5, 0.6) is 0 Å². The van der Waals surface area contributed by atoms with Gasteiger partial charge in [0.25, 0.3) is 0 Å². The first-order valence-corrected chi connectivity index (χ1v) is 11.0. The zero-order valence-electron chi connectivity index (χ0n) is 18.6. The summed E-state index contributed by atoms with van der Waals surface area (Å²) in [5, 5.41) is 15.3. The maximum Gasteiger partial charge on any atom is 0.425 e. The van der Waals surface area contributed by atoms with Gasteiger partial charge in [-0.3, -0.25) is 9.36 Å². The molecule has 0 radical (unpaired) electrons. The highest BCUT2D eigenvalue weighted by Crippen LogP contribution is 2.36. The van der Waals surface area contributed by atoms with Crippen molar-refractivity contribution in [2.75, 3.05) is 0 Å². The quantitative estimate of drug-likeness (QED) is 0.529. The molecular weight excluding hydrogens is 503 g/mol. The molecule has 3 rings (SSSR count). The van der Waals surface area contributed by atoms with Crippen LogP contribution in [0, 0.1) is 5.92 Å². The normalized spacial score (nSPS) is 20.0. The van der Waals surface area contributed by atoms with Crippen molar-refractivity contribution in [2.24, 2.45) is 5.92 Å². The molecule has 2 atom stereocenters. The number of rotatable bonds is 7. The third-order valence-corrected chi connectivity index (χ3v) is 5.79. The van der Waals surface area contributed by atoms with E-state index in [1.807, 2.05) is 0 Å². The summed E-state index contributed by atoms with van der Waals surface area (Å²) < 4.78 is 75.5. The van der Waals surface area contributed by atoms with E-state index in [9.17, 15) is 32.3 Å². The van der Waals surface area contributed by atoms with E-state index >= 15 is 4.39 Å². The Morgan fingerprint density at radius 3 is 2.60 bits per heavy atom. The molecule has 0 saturated carbocycles. The van der Waals surface area contributed by atoms with Crippen molar-refractivity contribution in [3.05, 3.63) is 56.6 Å². The molecule has 192 valence electrons. The lowest BCUT2D eigenvalue weighted by molar-refractivity contribution is -0.205. The summed E-state index contributed by atoms with van der Waals surface area (Å²) in [5.41, 5.74) is -1.76. The van der Waals surface area contributed by atoms with E-state index in [4.69, 9.17) is 16.3 Å². The molecule has 1 aromatic rings. The highest BCUT2D eigenvalue weighted by atomic mass is 35.5. The minimum absolute atomic E-state index is 0.0462. The monoisotopic (exact) mass is 524 g/mol. The van der Waals surface area contributed by atoms with Crippen LogP contribution >= 0.6 is 11.6 Å². The van der Waals surface area contributed by atoms with Gasteiger partial charge in [-0.1, -0.05) is 17.7 Å². The smallest absolute Gasteiger partial charge is 0.425 e. The van der Waals surface area contributed by atoms with Gasteiger partial charge in [0, 0.05) is 25.5 Å². The van der Waals surface area contributed by atoms with E-state index in [1.165, 1.54) is 6.08 Å². The van der Waals surface area contributed by atoms with Crippen molar-refractivity contribution in [1.82, 2.24) is 19.7 Å². The maximum atomic E-state index is 15.1. The number of carbonyl (C=O) groups excluding carboxylic acids is 1. The molecule has 0 bridgehead atoms. The summed E-state index contributed by atoms with van der Waals surface area (Å²) in [7, 11) is 0. The average molecular weight is 525 g/mol. The minimum atomic E-state index is -4.82. The number of aromatic nitrogens is 3. The number of aliphatic hydroxyl groups excluding tert-OH is 1. The van der Waals surface area contributed by atoms with E-state index < -0.39 is 65.9 Å². The summed E-state index contributed by atoms with van der Waals surface area (Å²) in [6.45, 7) is 1.70. The molecule has 2 aliphatic rings. The van der Waals surface area contributed by atoms with Crippen LogP contribution in [-0.2, 0) is 22.7 Å². The number of aliphatic hydroxyl groups is 1. The Bertz CT molecular complexity index is 1200. The predicted molar refractivity (Wildman–Crippen MR) is 115 cm³/mol. The number of nitrogens with one attached hydrogen (secondary N) is 1. The second-order valence-electron chi connectivity index (χ2n) is 7.77. The van der Waals surface area contributed by atoms with E-state index in [2.05, 4.69) is 10.4 Å². The molecule has 1 heterocycles. The third kappa shape index (κ3) is 5.50. The lowest BCUT2D eigenvalue weighted by Gasteiger charge is -2.28. The Kier molecular flexibility index (Phi) is 7.90. The minimum Gasteiger partial charge on any atom is -0.485 e. The topological polar surface area (TPSA) is 98.4 Å². The summed E-state index contributed by atoms with van der Waals surface area (Å²) in [5.74, 6) is -5.18. The molecule has 1 unspecified atom stereocenters. The number of ether oxygens (including phenoxy) is 1. The van der Waals surface area contributed by atoms with E-state index in [1.54, 1.807) is 6.92 Å². The average Bonchev–Trinajstić information content (AvgIpc) is 3.11. The maximum absolute atomic E-state index is 15.1. The van der Waals surface area contributed by atoms with Gasteiger partial charge in [0.1, 0.15) is 35.6 Å². The van der Waals surface area contributed by atoms with Gasteiger partial charge in [0.15, 0.2) is 11.9 Å². The Labute approximate surface area is 201 Å². The van der Waals surface area contributed by atoms with Crippen LogP contribution in [0.2, 0.25) is 0 Å². The van der Waals surface area contributed by atoms with Crippen LogP contribution < -0.4 is 11.0 Å². The Morgan fingerprint density at radius 1 is 1.37 bits per heavy atom. The van der Waals surface area contributed by atoms with E-state index in [-0.39, 0.29) is 29.5 Å². The number of allylic oxidation sites excluding steroid dienone is 6. The largest absolute Gasteiger partial charge is 0.485 e. The van der Waals surface area contributed by atoms with Crippen molar-refractivity contribution >= 4 is 23.2 Å². The van der Waals surface area contributed by atoms with Gasteiger partial charge in [-0.2, -0.15) is 17.9 Å². The van der Waals surface area contributed by atoms with Gasteiger partial charge in [-0.05, 0) is 20.3 Å². The van der Waals surface area contributed by atoms with Crippen molar-refractivity contribution in [2.45, 2.75) is 58.5 Å². The van der Waals surface area contributed by atoms with Crippen LogP contribution in [0.15, 0.2) is 45.1 Å². The molecule has 0 aromatic carbocycles. The predicted octanol–water partition coefficient (Wildman–Crippen LogP) is 3.78. The van der Waals surface area contributed by atoms with E-state index in [0.29, 0.717) is 18.0 Å². The molecule has 0 aliphatic heterocycles. The van der Waals surface area contributed by atoms with Crippen LogP contribution in [0.25, 0.3) is 5.70 Å². The Hall–Kier alpha value is -2.93. The van der Waals surface area contributed by atoms with Gasteiger partial charge in [0.05, 0.1) is 10.7 Å². The standard InChI is InChI=1S/C21H22ClF5N4O4/c1-3-30-17(9-32)29-31(20(30)34)15-8-16(35-10(2)21(25,26)27)11(7-14(15)24)19(33)28-18-12(22)5-4-6-13(18)23/h5,8,10-11,32H,3-4,6-7,9H2,1-2H3,(H,28,33)/t10-,11?/m0/s1. The number of amides is 1. The SMILES string of the molecule is CCn1c(CO)nn(C2=C(F)CC(C(=O)NC3=C(F)CCC=C3Cl)C(O[C@@H](C)C(F)(F)F)=C2)c1=O. The lowest BCUT2D eigenvalue weighted by Crippen LogP contribution is -2.37. The first kappa shape index (κ1) is 26.7. The molecule has 0 saturated heterocycles. The molecule has 14 heteroatoms. The zero-order chi connectivity index (χ0) is 26.1. The van der Waals surface area contributed by atoms with Crippen LogP contribution in [0.3, 0.4) is 0 Å². The number of hydrogen-bond acceptors (Lipinski definition) is 5. The number of nitrogens with zero attached hydrogens (tertiary/aromatic N) is 3. The summed E-state index contributed by atoms with van der Waals surface area (Å²) in [6.07, 6.45) is -5.55. The molecule has 8 nitrogen and oxygen atoms in total. The van der Waals surface area contributed by atoms with Crippen LogP contribution in [0.1, 0.15) is 38.9 Å². The molecule has 1 aromatic heterocycles. The summed E-state index contributed by atoms with van der Waals surface area (Å²) in [6, 6.07) is 0. The van der Waals surface area contributed by atoms with Gasteiger partial charge < -0.3 is 15.2 Å². The van der Waals surface area contributed by atoms with E-state index in [0.717, 1.165) is 10.6 Å². The molecule has 0 fully saturated rings. The highest BCUT2D eigenvalue weighted by Gasteiger charge is 2.42. The number of carbonyl (C=O) groups is 1. The summed E-state index contributed by atoms with van der Waals surface area (Å²) >= 11 is 5.94. The third-order valence-electron chi connectivity index (χ3n) is 5.44. The van der Waals surface area contributed by atoms with Gasteiger partial charge in [-0.15, -0.1) is 5.10 Å². The van der Waals surface area contributed by atoms with Crippen molar-refractivity contribution in [1.29, 1.82) is 0 Å². The van der Waals surface area contributed by atoms with Crippen molar-refractivity contribution in [3.8, 4) is 0 Å². The fourth-order valence-corrected chi connectivity index (χ4v) is 3.79. The summed E-state index contributed by atoms with van der Waals surface area (Å²) in [4.78, 5) is 25.5. The molecule has 2 N–H and O–H groups in total. The molecule has 35 heavy (non-hydrogen) atoms. The second kappa shape index (κ2) is 10.4. The number of alkyl halides is 3. The second-order valence-corrected chi connectivity index (χ2v) is 8.18. The zero-order valence-corrected chi connectivity index (χ0v) is 19.4. The van der Waals surface area contributed by atoms with Crippen LogP contribution in [-0.4, -0.2) is 37.6 Å². The van der Waals surface area contributed by atoms with Crippen LogP contribution in [0.4, 0.5) is 22.0 Å². The molecule has 2 aliphatic carbocycles. The first-order chi connectivity index (χ1) is 16.4. The van der Waals surface area contributed by atoms with Gasteiger partial charge in [-0.25, -0.2) is 13.6 Å². The lowest BCUT2D eigenvalue weighted by atomic mass is 9.94. The fraction of sp³-hybridized carbons (Fsp3) is 0.476. The van der Waals surface area contributed by atoms with Gasteiger partial charge in [0.2, 0.25) is 5.91 Å². The molecular formula is C21H22ClF5N4O4. The highest BCUT2D eigenvalue weighted by molar-refractivity contribution is 6.32. The Morgan fingerprint density at radius 2 is 2.06 bits per heavy atom. The van der Waals surface area contributed by atoms with Gasteiger partial charge >= 0.3 is 11.9 Å². The van der Waals surface area contributed by atoms with Crippen molar-refractivity contribution < 1.29 is 36.6 Å². The number of halogens is 6. The molecule has 0 spiro atoms. The number of hydrogen-bond donors (Lipinski definition) is 2. The first-order valence-electron chi connectivity index (χ1n) is 10.6.